The van der Waals surface area contributed by atoms with Crippen LogP contribution in [0.2, 0.25) is 0 Å². The first-order valence-electron chi connectivity index (χ1n) is 10.9. The molecule has 2 N–H and O–H groups in total. The predicted molar refractivity (Wildman–Crippen MR) is 113 cm³/mol. The topological polar surface area (TPSA) is 94.5 Å². The minimum atomic E-state index is -0.868. The number of hydrogen-bond acceptors (Lipinski definition) is 5. The van der Waals surface area contributed by atoms with E-state index in [4.69, 9.17) is 4.74 Å². The fraction of sp³-hybridized carbons (Fsp3) is 0.609. The third-order valence-electron chi connectivity index (χ3n) is 5.82. The SMILES string of the molecule is CC(C)C[C@H](NC(=O)OCc1ccccc1)C(=O)NC1(C#N)CCN(C2CC2)CC1. The minimum Gasteiger partial charge on any atom is -0.445 e. The van der Waals surface area contributed by atoms with Crippen molar-refractivity contribution < 1.29 is 14.3 Å². The lowest BCUT2D eigenvalue weighted by molar-refractivity contribution is -0.125. The normalized spacial score (nSPS) is 19.5. The number of carbonyl (C=O) groups excluding carboxylic acids is 2. The highest BCUT2D eigenvalue weighted by molar-refractivity contribution is 5.86. The Kier molecular flexibility index (Phi) is 7.33. The maximum atomic E-state index is 13.0. The number of ether oxygens (including phenoxy) is 1. The van der Waals surface area contributed by atoms with Crippen LogP contribution in [0.3, 0.4) is 0 Å². The van der Waals surface area contributed by atoms with Crippen molar-refractivity contribution in [3.63, 3.8) is 0 Å². The van der Waals surface area contributed by atoms with E-state index >= 15 is 0 Å². The molecule has 2 fully saturated rings. The molecule has 0 bridgehead atoms. The quantitative estimate of drug-likeness (QED) is 0.685. The molecular weight excluding hydrogens is 380 g/mol. The van der Waals surface area contributed by atoms with Crippen LogP contribution in [0.25, 0.3) is 0 Å². The molecule has 1 aromatic carbocycles. The molecule has 0 unspecified atom stereocenters. The van der Waals surface area contributed by atoms with Gasteiger partial charge >= 0.3 is 6.09 Å². The van der Waals surface area contributed by atoms with E-state index in [0.717, 1.165) is 18.7 Å². The Hall–Kier alpha value is -2.59. The molecule has 1 atom stereocenters. The molecule has 0 spiro atoms. The van der Waals surface area contributed by atoms with Crippen molar-refractivity contribution in [2.75, 3.05) is 13.1 Å². The molecule has 1 saturated carbocycles. The van der Waals surface area contributed by atoms with Crippen LogP contribution in [0.4, 0.5) is 4.79 Å². The van der Waals surface area contributed by atoms with E-state index in [2.05, 4.69) is 21.6 Å². The molecule has 7 heteroatoms. The average Bonchev–Trinajstić information content (AvgIpc) is 3.58. The van der Waals surface area contributed by atoms with E-state index in [1.165, 1.54) is 12.8 Å². The molecule has 0 aromatic heterocycles. The van der Waals surface area contributed by atoms with E-state index in [0.29, 0.717) is 25.3 Å². The first kappa shape index (κ1) is 22.1. The summed E-state index contributed by atoms with van der Waals surface area (Å²) < 4.78 is 5.28. The van der Waals surface area contributed by atoms with Crippen LogP contribution in [-0.2, 0) is 16.1 Å². The van der Waals surface area contributed by atoms with E-state index in [9.17, 15) is 14.9 Å². The molecule has 2 aliphatic rings. The molecule has 3 rings (SSSR count). The highest BCUT2D eigenvalue weighted by Crippen LogP contribution is 2.32. The van der Waals surface area contributed by atoms with Gasteiger partial charge in [-0.3, -0.25) is 4.79 Å². The van der Waals surface area contributed by atoms with Gasteiger partial charge in [0.15, 0.2) is 0 Å². The molecule has 2 amide bonds. The van der Waals surface area contributed by atoms with Gasteiger partial charge in [-0.05, 0) is 43.6 Å². The summed E-state index contributed by atoms with van der Waals surface area (Å²) in [6.07, 6.45) is 3.53. The Bertz CT molecular complexity index is 762. The van der Waals surface area contributed by atoms with Crippen LogP contribution in [0.5, 0.6) is 0 Å². The van der Waals surface area contributed by atoms with Gasteiger partial charge < -0.3 is 20.3 Å². The Morgan fingerprint density at radius 2 is 1.90 bits per heavy atom. The smallest absolute Gasteiger partial charge is 0.408 e. The zero-order valence-corrected chi connectivity index (χ0v) is 17.9. The summed E-state index contributed by atoms with van der Waals surface area (Å²) >= 11 is 0. The summed E-state index contributed by atoms with van der Waals surface area (Å²) in [5.74, 6) is -0.119. The average molecular weight is 413 g/mol. The number of nitrogens with one attached hydrogen (secondary N) is 2. The van der Waals surface area contributed by atoms with Crippen molar-refractivity contribution in [1.82, 2.24) is 15.5 Å². The maximum absolute atomic E-state index is 13.0. The van der Waals surface area contributed by atoms with Crippen LogP contribution in [0.1, 0.15) is 51.5 Å². The molecule has 1 saturated heterocycles. The molecule has 1 aliphatic carbocycles. The number of alkyl carbamates (subject to hydrolysis) is 1. The largest absolute Gasteiger partial charge is 0.445 e. The number of likely N-dealkylation sites (tertiary alicyclic amines) is 1. The third kappa shape index (κ3) is 6.20. The van der Waals surface area contributed by atoms with Crippen molar-refractivity contribution in [3.8, 4) is 6.07 Å². The zero-order valence-electron chi connectivity index (χ0n) is 17.9. The number of nitriles is 1. The van der Waals surface area contributed by atoms with Crippen LogP contribution in [0, 0.1) is 17.2 Å². The summed E-state index contributed by atoms with van der Waals surface area (Å²) in [4.78, 5) is 27.7. The molecule has 162 valence electrons. The summed E-state index contributed by atoms with van der Waals surface area (Å²) in [5.41, 5.74) is 0.0104. The fourth-order valence-corrected chi connectivity index (χ4v) is 3.91. The van der Waals surface area contributed by atoms with Gasteiger partial charge in [0.1, 0.15) is 18.2 Å². The summed E-state index contributed by atoms with van der Waals surface area (Å²) in [5, 5.41) is 15.4. The van der Waals surface area contributed by atoms with Crippen molar-refractivity contribution >= 4 is 12.0 Å². The van der Waals surface area contributed by atoms with Gasteiger partial charge in [0.2, 0.25) is 5.91 Å². The second-order valence-electron chi connectivity index (χ2n) is 8.84. The highest BCUT2D eigenvalue weighted by Gasteiger charge is 2.41. The Labute approximate surface area is 178 Å². The number of piperidine rings is 1. The standard InChI is InChI=1S/C23H32N4O3/c1-17(2)14-20(25-22(29)30-15-18-6-4-3-5-7-18)21(28)26-23(16-24)10-12-27(13-11-23)19-8-9-19/h3-7,17,19-20H,8-15H2,1-2H3,(H,25,29)(H,26,28)/t20-/m0/s1. The Balaban J connectivity index is 1.55. The number of carbonyl (C=O) groups is 2. The highest BCUT2D eigenvalue weighted by atomic mass is 16.5. The van der Waals surface area contributed by atoms with E-state index in [-0.39, 0.29) is 18.4 Å². The second kappa shape index (κ2) is 9.94. The first-order valence-corrected chi connectivity index (χ1v) is 10.9. The zero-order chi connectivity index (χ0) is 21.6. The lowest BCUT2D eigenvalue weighted by Gasteiger charge is -2.38. The molecule has 7 nitrogen and oxygen atoms in total. The van der Waals surface area contributed by atoms with Crippen molar-refractivity contribution in [1.29, 1.82) is 5.26 Å². The lowest BCUT2D eigenvalue weighted by Crippen LogP contribution is -2.59. The molecule has 1 heterocycles. The van der Waals surface area contributed by atoms with Gasteiger partial charge in [-0.1, -0.05) is 44.2 Å². The van der Waals surface area contributed by atoms with Gasteiger partial charge in [0.25, 0.3) is 0 Å². The molecule has 0 radical (unpaired) electrons. The van der Waals surface area contributed by atoms with Crippen molar-refractivity contribution in [3.05, 3.63) is 35.9 Å². The Morgan fingerprint density at radius 3 is 2.47 bits per heavy atom. The monoisotopic (exact) mass is 412 g/mol. The van der Waals surface area contributed by atoms with E-state index in [1.807, 2.05) is 44.2 Å². The number of nitrogens with zero attached hydrogens (tertiary/aromatic N) is 2. The van der Waals surface area contributed by atoms with Crippen LogP contribution in [-0.4, -0.2) is 47.6 Å². The molecular formula is C23H32N4O3. The molecule has 1 aromatic rings. The van der Waals surface area contributed by atoms with Gasteiger partial charge in [-0.2, -0.15) is 5.26 Å². The van der Waals surface area contributed by atoms with Crippen molar-refractivity contribution in [2.45, 2.75) is 70.2 Å². The van der Waals surface area contributed by atoms with Crippen LogP contribution >= 0.6 is 0 Å². The lowest BCUT2D eigenvalue weighted by atomic mass is 9.88. The molecule has 1 aliphatic heterocycles. The van der Waals surface area contributed by atoms with Gasteiger partial charge in [-0.25, -0.2) is 4.79 Å². The second-order valence-corrected chi connectivity index (χ2v) is 8.84. The third-order valence-corrected chi connectivity index (χ3v) is 5.82. The summed E-state index contributed by atoms with van der Waals surface area (Å²) in [6, 6.07) is 11.6. The van der Waals surface area contributed by atoms with Gasteiger partial charge in [0.05, 0.1) is 6.07 Å². The van der Waals surface area contributed by atoms with Gasteiger partial charge in [-0.15, -0.1) is 0 Å². The minimum absolute atomic E-state index is 0.141. The first-order chi connectivity index (χ1) is 14.4. The maximum Gasteiger partial charge on any atom is 0.408 e. The summed E-state index contributed by atoms with van der Waals surface area (Å²) in [6.45, 7) is 5.76. The molecule has 30 heavy (non-hydrogen) atoms. The number of hydrogen-bond donors (Lipinski definition) is 2. The Morgan fingerprint density at radius 1 is 1.23 bits per heavy atom. The fourth-order valence-electron chi connectivity index (χ4n) is 3.91. The number of amides is 2. The van der Waals surface area contributed by atoms with Crippen LogP contribution in [0.15, 0.2) is 30.3 Å². The van der Waals surface area contributed by atoms with E-state index < -0.39 is 17.7 Å². The number of benzene rings is 1. The number of rotatable bonds is 8. The summed E-state index contributed by atoms with van der Waals surface area (Å²) in [7, 11) is 0. The van der Waals surface area contributed by atoms with Crippen molar-refractivity contribution in [2.24, 2.45) is 5.92 Å². The van der Waals surface area contributed by atoms with Crippen LogP contribution < -0.4 is 10.6 Å². The van der Waals surface area contributed by atoms with E-state index in [1.54, 1.807) is 0 Å². The van der Waals surface area contributed by atoms with Gasteiger partial charge in [0, 0.05) is 19.1 Å². The predicted octanol–water partition coefficient (Wildman–Crippen LogP) is 2.96.